The third-order valence-electron chi connectivity index (χ3n) is 6.78. The highest BCUT2D eigenvalue weighted by atomic mass is 16.5. The first-order valence-corrected chi connectivity index (χ1v) is 10.0. The number of rotatable bonds is 3. The Bertz CT molecular complexity index is 535. The molecule has 0 saturated carbocycles. The number of hydrogen-bond donors (Lipinski definition) is 0. The number of piperidine rings is 1. The molecule has 0 bridgehead atoms. The van der Waals surface area contributed by atoms with Crippen LogP contribution < -0.4 is 0 Å². The van der Waals surface area contributed by atoms with Crippen molar-refractivity contribution in [2.24, 2.45) is 0 Å². The van der Waals surface area contributed by atoms with Crippen LogP contribution in [0.2, 0.25) is 0 Å². The van der Waals surface area contributed by atoms with Crippen molar-refractivity contribution in [2.45, 2.75) is 43.8 Å². The van der Waals surface area contributed by atoms with Gasteiger partial charge in [-0.05, 0) is 51.4 Å². The van der Waals surface area contributed by atoms with E-state index in [9.17, 15) is 0 Å². The van der Waals surface area contributed by atoms with E-state index in [2.05, 4.69) is 52.1 Å². The Morgan fingerprint density at radius 1 is 1.00 bits per heavy atom. The topological polar surface area (TPSA) is 19.0 Å². The van der Waals surface area contributed by atoms with E-state index in [1.165, 1.54) is 64.0 Å². The number of likely N-dealkylation sites (N-methyl/N-ethyl adjacent to an activating group) is 1. The molecule has 3 aliphatic heterocycles. The normalized spacial score (nSPS) is 26.9. The van der Waals surface area contributed by atoms with E-state index >= 15 is 0 Å². The summed E-state index contributed by atoms with van der Waals surface area (Å²) in [7, 11) is 2.32. The standard InChI is InChI=1S/C21H33N3O/c1-22-13-14-24(18-21(22)9-15-25-16-10-21)20-7-11-23(12-8-20)17-19-5-3-2-4-6-19/h2-6,20H,7-18H2,1H3. The molecule has 1 aromatic rings. The molecule has 1 aromatic carbocycles. The van der Waals surface area contributed by atoms with Crippen LogP contribution in [0.15, 0.2) is 30.3 Å². The Hall–Kier alpha value is -0.940. The zero-order valence-corrected chi connectivity index (χ0v) is 15.7. The zero-order chi connectivity index (χ0) is 17.1. The Balaban J connectivity index is 1.31. The average Bonchev–Trinajstić information content (AvgIpc) is 2.66. The predicted octanol–water partition coefficient (Wildman–Crippen LogP) is 2.45. The average molecular weight is 344 g/mol. The number of nitrogens with zero attached hydrogens (tertiary/aromatic N) is 3. The maximum Gasteiger partial charge on any atom is 0.0484 e. The van der Waals surface area contributed by atoms with E-state index in [0.717, 1.165) is 25.8 Å². The molecule has 25 heavy (non-hydrogen) atoms. The number of ether oxygens (including phenoxy) is 1. The molecule has 0 amide bonds. The lowest BCUT2D eigenvalue weighted by Gasteiger charge is -2.53. The summed E-state index contributed by atoms with van der Waals surface area (Å²) in [5.74, 6) is 0. The third-order valence-corrected chi connectivity index (χ3v) is 6.78. The van der Waals surface area contributed by atoms with Crippen molar-refractivity contribution in [3.05, 3.63) is 35.9 Å². The molecule has 0 atom stereocenters. The molecule has 3 saturated heterocycles. The van der Waals surface area contributed by atoms with Gasteiger partial charge in [0.1, 0.15) is 0 Å². The lowest BCUT2D eigenvalue weighted by atomic mass is 9.84. The first-order chi connectivity index (χ1) is 12.3. The molecule has 0 unspecified atom stereocenters. The molecule has 4 heteroatoms. The molecule has 3 heterocycles. The van der Waals surface area contributed by atoms with Crippen molar-refractivity contribution in [2.75, 3.05) is 53.0 Å². The van der Waals surface area contributed by atoms with Gasteiger partial charge in [0, 0.05) is 51.0 Å². The second-order valence-electron chi connectivity index (χ2n) is 8.22. The lowest BCUT2D eigenvalue weighted by Crippen LogP contribution is -2.65. The van der Waals surface area contributed by atoms with Crippen LogP contribution in [-0.4, -0.2) is 79.3 Å². The van der Waals surface area contributed by atoms with E-state index in [4.69, 9.17) is 4.74 Å². The number of likely N-dealkylation sites (tertiary alicyclic amines) is 1. The molecule has 4 nitrogen and oxygen atoms in total. The fourth-order valence-corrected chi connectivity index (χ4v) is 4.98. The van der Waals surface area contributed by atoms with Crippen molar-refractivity contribution < 1.29 is 4.74 Å². The molecule has 0 aromatic heterocycles. The van der Waals surface area contributed by atoms with Crippen LogP contribution in [0.3, 0.4) is 0 Å². The number of benzene rings is 1. The highest BCUT2D eigenvalue weighted by Crippen LogP contribution is 2.33. The van der Waals surface area contributed by atoms with Crippen LogP contribution in [-0.2, 0) is 11.3 Å². The summed E-state index contributed by atoms with van der Waals surface area (Å²) in [4.78, 5) is 8.06. The van der Waals surface area contributed by atoms with E-state index in [0.29, 0.717) is 5.54 Å². The highest BCUT2D eigenvalue weighted by molar-refractivity contribution is 5.14. The summed E-state index contributed by atoms with van der Waals surface area (Å²) < 4.78 is 5.64. The van der Waals surface area contributed by atoms with Crippen molar-refractivity contribution >= 4 is 0 Å². The van der Waals surface area contributed by atoms with Crippen LogP contribution >= 0.6 is 0 Å². The quantitative estimate of drug-likeness (QED) is 0.839. The van der Waals surface area contributed by atoms with Crippen molar-refractivity contribution in [3.8, 4) is 0 Å². The summed E-state index contributed by atoms with van der Waals surface area (Å²) in [6, 6.07) is 11.7. The minimum atomic E-state index is 0.373. The SMILES string of the molecule is CN1CCN(C2CCN(Cc3ccccc3)CC2)CC12CCOCC2. The Labute approximate surface area is 152 Å². The summed E-state index contributed by atoms with van der Waals surface area (Å²) in [6.07, 6.45) is 5.05. The smallest absolute Gasteiger partial charge is 0.0484 e. The molecule has 3 aliphatic rings. The van der Waals surface area contributed by atoms with Gasteiger partial charge in [-0.1, -0.05) is 30.3 Å². The second-order valence-corrected chi connectivity index (χ2v) is 8.22. The summed E-state index contributed by atoms with van der Waals surface area (Å²) in [6.45, 7) is 9.16. The van der Waals surface area contributed by atoms with Crippen LogP contribution in [0.5, 0.6) is 0 Å². The number of hydrogen-bond acceptors (Lipinski definition) is 4. The predicted molar refractivity (Wildman–Crippen MR) is 102 cm³/mol. The van der Waals surface area contributed by atoms with Gasteiger partial charge in [-0.15, -0.1) is 0 Å². The molecule has 1 spiro atoms. The number of piperazine rings is 1. The molecule has 0 N–H and O–H groups in total. The monoisotopic (exact) mass is 343 g/mol. The minimum Gasteiger partial charge on any atom is -0.381 e. The van der Waals surface area contributed by atoms with Gasteiger partial charge in [0.15, 0.2) is 0 Å². The summed E-state index contributed by atoms with van der Waals surface area (Å²) in [5, 5.41) is 0. The Morgan fingerprint density at radius 2 is 1.72 bits per heavy atom. The van der Waals surface area contributed by atoms with Gasteiger partial charge >= 0.3 is 0 Å². The summed E-state index contributed by atoms with van der Waals surface area (Å²) >= 11 is 0. The van der Waals surface area contributed by atoms with E-state index in [1.807, 2.05) is 0 Å². The van der Waals surface area contributed by atoms with Gasteiger partial charge in [-0.3, -0.25) is 14.7 Å². The lowest BCUT2D eigenvalue weighted by molar-refractivity contribution is -0.0752. The van der Waals surface area contributed by atoms with Gasteiger partial charge in [-0.2, -0.15) is 0 Å². The van der Waals surface area contributed by atoms with Crippen LogP contribution in [0.25, 0.3) is 0 Å². The fourth-order valence-electron chi connectivity index (χ4n) is 4.98. The van der Waals surface area contributed by atoms with Gasteiger partial charge in [0.05, 0.1) is 0 Å². The Morgan fingerprint density at radius 3 is 2.44 bits per heavy atom. The molecular weight excluding hydrogens is 310 g/mol. The fraction of sp³-hybridized carbons (Fsp3) is 0.714. The maximum absolute atomic E-state index is 5.64. The zero-order valence-electron chi connectivity index (χ0n) is 15.7. The maximum atomic E-state index is 5.64. The first kappa shape index (κ1) is 17.5. The molecule has 4 rings (SSSR count). The van der Waals surface area contributed by atoms with Crippen LogP contribution in [0, 0.1) is 0 Å². The molecule has 0 aliphatic carbocycles. The van der Waals surface area contributed by atoms with Crippen LogP contribution in [0.4, 0.5) is 0 Å². The van der Waals surface area contributed by atoms with Crippen molar-refractivity contribution in [1.82, 2.24) is 14.7 Å². The van der Waals surface area contributed by atoms with Crippen molar-refractivity contribution in [1.29, 1.82) is 0 Å². The summed E-state index contributed by atoms with van der Waals surface area (Å²) in [5.41, 5.74) is 1.82. The van der Waals surface area contributed by atoms with Crippen molar-refractivity contribution in [3.63, 3.8) is 0 Å². The highest BCUT2D eigenvalue weighted by Gasteiger charge is 2.42. The van der Waals surface area contributed by atoms with Crippen LogP contribution in [0.1, 0.15) is 31.2 Å². The van der Waals surface area contributed by atoms with E-state index in [-0.39, 0.29) is 0 Å². The van der Waals surface area contributed by atoms with Gasteiger partial charge in [0.25, 0.3) is 0 Å². The second kappa shape index (κ2) is 7.75. The minimum absolute atomic E-state index is 0.373. The van der Waals surface area contributed by atoms with Gasteiger partial charge < -0.3 is 4.74 Å². The van der Waals surface area contributed by atoms with Gasteiger partial charge in [0.2, 0.25) is 0 Å². The Kier molecular flexibility index (Phi) is 5.41. The molecular formula is C21H33N3O. The van der Waals surface area contributed by atoms with Gasteiger partial charge in [-0.25, -0.2) is 0 Å². The first-order valence-electron chi connectivity index (χ1n) is 10.0. The molecule has 138 valence electrons. The van der Waals surface area contributed by atoms with E-state index in [1.54, 1.807) is 0 Å². The largest absolute Gasteiger partial charge is 0.381 e. The molecule has 0 radical (unpaired) electrons. The molecule has 3 fully saturated rings. The van der Waals surface area contributed by atoms with E-state index < -0.39 is 0 Å². The third kappa shape index (κ3) is 3.92.